The van der Waals surface area contributed by atoms with Crippen LogP contribution in [0.3, 0.4) is 0 Å². The molecular weight excluding hydrogens is 262 g/mol. The van der Waals surface area contributed by atoms with Crippen molar-refractivity contribution in [2.24, 2.45) is 0 Å². The van der Waals surface area contributed by atoms with E-state index in [9.17, 15) is 4.79 Å². The maximum Gasteiger partial charge on any atom is 0.262 e. The molecule has 19 heavy (non-hydrogen) atoms. The van der Waals surface area contributed by atoms with E-state index < -0.39 is 0 Å². The van der Waals surface area contributed by atoms with E-state index in [1.165, 1.54) is 0 Å². The van der Waals surface area contributed by atoms with Crippen molar-refractivity contribution in [3.8, 4) is 5.75 Å². The molecule has 0 heterocycles. The zero-order chi connectivity index (χ0) is 13.7. The SMILES string of the molecule is Cc1cccc(OCC(=O)Nc2cccc(Cl)c2)c1. The Kier molecular flexibility index (Phi) is 4.42. The molecule has 0 aliphatic rings. The normalized spacial score (nSPS) is 10.0. The second kappa shape index (κ2) is 6.25. The summed E-state index contributed by atoms with van der Waals surface area (Å²) in [5.74, 6) is 0.463. The lowest BCUT2D eigenvalue weighted by atomic mass is 10.2. The molecule has 1 amide bonds. The number of benzene rings is 2. The Labute approximate surface area is 117 Å². The third-order valence-electron chi connectivity index (χ3n) is 2.47. The molecule has 2 aromatic rings. The van der Waals surface area contributed by atoms with Gasteiger partial charge in [0.1, 0.15) is 5.75 Å². The standard InChI is InChI=1S/C15H14ClNO2/c1-11-4-2-7-14(8-11)19-10-15(18)17-13-6-3-5-12(16)9-13/h2-9H,10H2,1H3,(H,17,18). The van der Waals surface area contributed by atoms with Gasteiger partial charge in [-0.3, -0.25) is 4.79 Å². The van der Waals surface area contributed by atoms with Crippen LogP contribution in [0.5, 0.6) is 5.75 Å². The lowest BCUT2D eigenvalue weighted by molar-refractivity contribution is -0.118. The number of halogens is 1. The molecule has 0 fully saturated rings. The number of hydrogen-bond donors (Lipinski definition) is 1. The Morgan fingerprint density at radius 2 is 2.00 bits per heavy atom. The minimum absolute atomic E-state index is 0.0318. The van der Waals surface area contributed by atoms with Gasteiger partial charge in [-0.1, -0.05) is 29.8 Å². The Hall–Kier alpha value is -2.00. The van der Waals surface area contributed by atoms with E-state index in [-0.39, 0.29) is 12.5 Å². The summed E-state index contributed by atoms with van der Waals surface area (Å²) in [5, 5.41) is 3.30. The van der Waals surface area contributed by atoms with Crippen LogP contribution in [0.2, 0.25) is 5.02 Å². The molecule has 98 valence electrons. The summed E-state index contributed by atoms with van der Waals surface area (Å²) in [6, 6.07) is 14.5. The van der Waals surface area contributed by atoms with Crippen LogP contribution in [0.15, 0.2) is 48.5 Å². The molecule has 0 atom stereocenters. The third-order valence-corrected chi connectivity index (χ3v) is 2.70. The number of carbonyl (C=O) groups is 1. The minimum Gasteiger partial charge on any atom is -0.484 e. The van der Waals surface area contributed by atoms with Gasteiger partial charge in [-0.15, -0.1) is 0 Å². The number of anilines is 1. The van der Waals surface area contributed by atoms with E-state index in [4.69, 9.17) is 16.3 Å². The van der Waals surface area contributed by atoms with E-state index in [2.05, 4.69) is 5.32 Å². The molecule has 0 aliphatic heterocycles. The summed E-state index contributed by atoms with van der Waals surface area (Å²) in [6.45, 7) is 1.94. The van der Waals surface area contributed by atoms with Gasteiger partial charge in [-0.25, -0.2) is 0 Å². The highest BCUT2D eigenvalue weighted by molar-refractivity contribution is 6.30. The molecule has 0 aromatic heterocycles. The zero-order valence-electron chi connectivity index (χ0n) is 10.5. The smallest absolute Gasteiger partial charge is 0.262 e. The van der Waals surface area contributed by atoms with Crippen LogP contribution in [0.25, 0.3) is 0 Å². The molecule has 0 spiro atoms. The largest absolute Gasteiger partial charge is 0.484 e. The number of ether oxygens (including phenoxy) is 1. The fourth-order valence-corrected chi connectivity index (χ4v) is 1.81. The Morgan fingerprint density at radius 3 is 2.74 bits per heavy atom. The molecular formula is C15H14ClNO2. The fraction of sp³-hybridized carbons (Fsp3) is 0.133. The molecule has 3 nitrogen and oxygen atoms in total. The van der Waals surface area contributed by atoms with Gasteiger partial charge < -0.3 is 10.1 Å². The first-order chi connectivity index (χ1) is 9.13. The highest BCUT2D eigenvalue weighted by Crippen LogP contribution is 2.15. The number of rotatable bonds is 4. The van der Waals surface area contributed by atoms with Crippen molar-refractivity contribution in [1.29, 1.82) is 0 Å². The summed E-state index contributed by atoms with van der Waals surface area (Å²) >= 11 is 5.84. The Morgan fingerprint density at radius 1 is 1.21 bits per heavy atom. The summed E-state index contributed by atoms with van der Waals surface area (Å²) in [6.07, 6.45) is 0. The van der Waals surface area contributed by atoms with Crippen molar-refractivity contribution >= 4 is 23.2 Å². The quantitative estimate of drug-likeness (QED) is 0.925. The molecule has 4 heteroatoms. The average molecular weight is 276 g/mol. The number of carbonyl (C=O) groups excluding carboxylic acids is 1. The van der Waals surface area contributed by atoms with E-state index in [1.54, 1.807) is 24.3 Å². The molecule has 0 radical (unpaired) electrons. The average Bonchev–Trinajstić information content (AvgIpc) is 2.36. The Balaban J connectivity index is 1.88. The summed E-state index contributed by atoms with van der Waals surface area (Å²) in [7, 11) is 0. The second-order valence-electron chi connectivity index (χ2n) is 4.16. The van der Waals surface area contributed by atoms with Crippen molar-refractivity contribution in [3.05, 3.63) is 59.1 Å². The van der Waals surface area contributed by atoms with E-state index in [1.807, 2.05) is 31.2 Å². The summed E-state index contributed by atoms with van der Waals surface area (Å²) in [5.41, 5.74) is 1.75. The Bertz CT molecular complexity index is 584. The van der Waals surface area contributed by atoms with Crippen LogP contribution in [0.1, 0.15) is 5.56 Å². The van der Waals surface area contributed by atoms with Crippen molar-refractivity contribution in [2.45, 2.75) is 6.92 Å². The monoisotopic (exact) mass is 275 g/mol. The topological polar surface area (TPSA) is 38.3 Å². The number of hydrogen-bond acceptors (Lipinski definition) is 2. The van der Waals surface area contributed by atoms with Gasteiger partial charge in [0.25, 0.3) is 5.91 Å². The number of nitrogens with one attached hydrogen (secondary N) is 1. The highest BCUT2D eigenvalue weighted by Gasteiger charge is 2.04. The molecule has 0 aliphatic carbocycles. The van der Waals surface area contributed by atoms with Crippen LogP contribution >= 0.6 is 11.6 Å². The summed E-state index contributed by atoms with van der Waals surface area (Å²) < 4.78 is 5.41. The first-order valence-corrected chi connectivity index (χ1v) is 6.26. The van der Waals surface area contributed by atoms with Crippen LogP contribution in [0, 0.1) is 6.92 Å². The fourth-order valence-electron chi connectivity index (χ4n) is 1.62. The molecule has 0 bridgehead atoms. The minimum atomic E-state index is -0.219. The van der Waals surface area contributed by atoms with Crippen LogP contribution < -0.4 is 10.1 Å². The second-order valence-corrected chi connectivity index (χ2v) is 4.60. The number of aryl methyl sites for hydroxylation is 1. The lowest BCUT2D eigenvalue weighted by Gasteiger charge is -2.08. The van der Waals surface area contributed by atoms with Crippen molar-refractivity contribution in [3.63, 3.8) is 0 Å². The highest BCUT2D eigenvalue weighted by atomic mass is 35.5. The van der Waals surface area contributed by atoms with E-state index in [0.717, 1.165) is 5.56 Å². The molecule has 2 rings (SSSR count). The molecule has 0 unspecified atom stereocenters. The molecule has 1 N–H and O–H groups in total. The van der Waals surface area contributed by atoms with Gasteiger partial charge in [0.2, 0.25) is 0 Å². The summed E-state index contributed by atoms with van der Waals surface area (Å²) in [4.78, 5) is 11.7. The van der Waals surface area contributed by atoms with Gasteiger partial charge in [-0.2, -0.15) is 0 Å². The van der Waals surface area contributed by atoms with Crippen LogP contribution in [-0.4, -0.2) is 12.5 Å². The van der Waals surface area contributed by atoms with Crippen molar-refractivity contribution < 1.29 is 9.53 Å². The van der Waals surface area contributed by atoms with E-state index >= 15 is 0 Å². The van der Waals surface area contributed by atoms with Gasteiger partial charge in [0.05, 0.1) is 0 Å². The molecule has 0 saturated heterocycles. The third kappa shape index (κ3) is 4.30. The van der Waals surface area contributed by atoms with Gasteiger partial charge in [-0.05, 0) is 42.8 Å². The number of amides is 1. The van der Waals surface area contributed by atoms with E-state index in [0.29, 0.717) is 16.5 Å². The zero-order valence-corrected chi connectivity index (χ0v) is 11.3. The van der Waals surface area contributed by atoms with Crippen LogP contribution in [-0.2, 0) is 4.79 Å². The molecule has 0 saturated carbocycles. The van der Waals surface area contributed by atoms with Gasteiger partial charge in [0, 0.05) is 10.7 Å². The predicted octanol–water partition coefficient (Wildman–Crippen LogP) is 3.67. The maximum atomic E-state index is 11.7. The maximum absolute atomic E-state index is 11.7. The van der Waals surface area contributed by atoms with Crippen LogP contribution in [0.4, 0.5) is 5.69 Å². The van der Waals surface area contributed by atoms with Crippen molar-refractivity contribution in [2.75, 3.05) is 11.9 Å². The first-order valence-electron chi connectivity index (χ1n) is 5.88. The molecule has 2 aromatic carbocycles. The van der Waals surface area contributed by atoms with Crippen molar-refractivity contribution in [1.82, 2.24) is 0 Å². The predicted molar refractivity (Wildman–Crippen MR) is 76.8 cm³/mol. The van der Waals surface area contributed by atoms with Gasteiger partial charge in [0.15, 0.2) is 6.61 Å². The first kappa shape index (κ1) is 13.4. The van der Waals surface area contributed by atoms with Gasteiger partial charge >= 0.3 is 0 Å². The lowest BCUT2D eigenvalue weighted by Crippen LogP contribution is -2.20.